The summed E-state index contributed by atoms with van der Waals surface area (Å²) >= 11 is 0. The van der Waals surface area contributed by atoms with Gasteiger partial charge in [0.25, 0.3) is 0 Å². The third kappa shape index (κ3) is 2.45. The second-order valence-electron chi connectivity index (χ2n) is 4.52. The summed E-state index contributed by atoms with van der Waals surface area (Å²) in [6.45, 7) is 0.870. The number of benzene rings is 1. The molecule has 1 unspecified atom stereocenters. The average Bonchev–Trinajstić information content (AvgIpc) is 2.35. The predicted octanol–water partition coefficient (Wildman–Crippen LogP) is 2.47. The lowest BCUT2D eigenvalue weighted by atomic mass is 9.89. The van der Waals surface area contributed by atoms with Crippen LogP contribution in [-0.4, -0.2) is 20.7 Å². The van der Waals surface area contributed by atoms with E-state index in [-0.39, 0.29) is 6.10 Å². The number of aryl methyl sites for hydroxylation is 2. The molecular weight excluding hydrogens is 198 g/mol. The van der Waals surface area contributed by atoms with Crippen LogP contribution < -0.4 is 5.32 Å². The van der Waals surface area contributed by atoms with Crippen LogP contribution in [0.1, 0.15) is 35.6 Å². The third-order valence-electron chi connectivity index (χ3n) is 3.42. The van der Waals surface area contributed by atoms with Gasteiger partial charge in [0, 0.05) is 13.7 Å². The summed E-state index contributed by atoms with van der Waals surface area (Å²) in [4.78, 5) is 0. The second kappa shape index (κ2) is 5.46. The molecule has 1 aliphatic rings. The highest BCUT2D eigenvalue weighted by atomic mass is 16.5. The Morgan fingerprint density at radius 2 is 2.00 bits per heavy atom. The number of hydrogen-bond donors (Lipinski definition) is 1. The molecule has 0 fully saturated rings. The molecule has 0 heterocycles. The van der Waals surface area contributed by atoms with Crippen LogP contribution in [0, 0.1) is 0 Å². The van der Waals surface area contributed by atoms with Crippen molar-refractivity contribution in [3.05, 3.63) is 34.9 Å². The first-order chi connectivity index (χ1) is 7.85. The number of hydrogen-bond acceptors (Lipinski definition) is 2. The Balaban J connectivity index is 2.21. The number of rotatable bonds is 4. The van der Waals surface area contributed by atoms with Crippen LogP contribution in [0.15, 0.2) is 18.2 Å². The molecule has 1 atom stereocenters. The van der Waals surface area contributed by atoms with Crippen molar-refractivity contribution in [3.63, 3.8) is 0 Å². The molecule has 1 aliphatic carbocycles. The summed E-state index contributed by atoms with van der Waals surface area (Å²) in [6, 6.07) is 6.83. The van der Waals surface area contributed by atoms with E-state index in [0.29, 0.717) is 0 Å². The van der Waals surface area contributed by atoms with E-state index in [2.05, 4.69) is 23.5 Å². The van der Waals surface area contributed by atoms with Crippen molar-refractivity contribution in [2.45, 2.75) is 31.8 Å². The van der Waals surface area contributed by atoms with Crippen LogP contribution in [-0.2, 0) is 17.6 Å². The van der Waals surface area contributed by atoms with Gasteiger partial charge in [-0.05, 0) is 49.4 Å². The summed E-state index contributed by atoms with van der Waals surface area (Å²) in [5.41, 5.74) is 4.37. The zero-order valence-corrected chi connectivity index (χ0v) is 10.3. The lowest BCUT2D eigenvalue weighted by Crippen LogP contribution is -2.19. The summed E-state index contributed by atoms with van der Waals surface area (Å²) in [5.74, 6) is 0. The van der Waals surface area contributed by atoms with Crippen LogP contribution >= 0.6 is 0 Å². The Kier molecular flexibility index (Phi) is 3.97. The number of methoxy groups -OCH3 is 1. The quantitative estimate of drug-likeness (QED) is 0.840. The first-order valence-electron chi connectivity index (χ1n) is 6.14. The van der Waals surface area contributed by atoms with Gasteiger partial charge in [-0.1, -0.05) is 18.2 Å². The fourth-order valence-corrected chi connectivity index (χ4v) is 2.48. The molecule has 0 radical (unpaired) electrons. The third-order valence-corrected chi connectivity index (χ3v) is 3.42. The molecule has 1 aromatic rings. The number of ether oxygens (including phenoxy) is 1. The summed E-state index contributed by atoms with van der Waals surface area (Å²) in [7, 11) is 3.74. The predicted molar refractivity (Wildman–Crippen MR) is 66.8 cm³/mol. The summed E-state index contributed by atoms with van der Waals surface area (Å²) in [5, 5.41) is 3.17. The summed E-state index contributed by atoms with van der Waals surface area (Å²) < 4.78 is 5.51. The molecule has 16 heavy (non-hydrogen) atoms. The standard InChI is InChI=1S/C14H21NO/c1-15-10-14(16-2)13-8-7-11-5-3-4-6-12(11)9-13/h7-9,14-15H,3-6,10H2,1-2H3. The van der Waals surface area contributed by atoms with E-state index >= 15 is 0 Å². The monoisotopic (exact) mass is 219 g/mol. The van der Waals surface area contributed by atoms with E-state index in [1.807, 2.05) is 7.05 Å². The lowest BCUT2D eigenvalue weighted by Gasteiger charge is -2.20. The van der Waals surface area contributed by atoms with Gasteiger partial charge in [0.15, 0.2) is 0 Å². The van der Waals surface area contributed by atoms with Crippen molar-refractivity contribution in [2.75, 3.05) is 20.7 Å². The van der Waals surface area contributed by atoms with Crippen LogP contribution in [0.2, 0.25) is 0 Å². The molecule has 0 spiro atoms. The van der Waals surface area contributed by atoms with E-state index in [1.165, 1.54) is 42.4 Å². The topological polar surface area (TPSA) is 21.3 Å². The van der Waals surface area contributed by atoms with Crippen molar-refractivity contribution in [1.29, 1.82) is 0 Å². The average molecular weight is 219 g/mol. The summed E-state index contributed by atoms with van der Waals surface area (Å²) in [6.07, 6.45) is 5.34. The van der Waals surface area contributed by atoms with Gasteiger partial charge < -0.3 is 10.1 Å². The largest absolute Gasteiger partial charge is 0.375 e. The number of nitrogens with one attached hydrogen (secondary N) is 1. The van der Waals surface area contributed by atoms with Gasteiger partial charge in [-0.2, -0.15) is 0 Å². The van der Waals surface area contributed by atoms with Gasteiger partial charge >= 0.3 is 0 Å². The highest BCUT2D eigenvalue weighted by molar-refractivity contribution is 5.35. The maximum atomic E-state index is 5.51. The van der Waals surface area contributed by atoms with Gasteiger partial charge in [0.2, 0.25) is 0 Å². The van der Waals surface area contributed by atoms with Crippen molar-refractivity contribution < 1.29 is 4.74 Å². The Labute approximate surface area is 98.0 Å². The van der Waals surface area contributed by atoms with Crippen LogP contribution in [0.25, 0.3) is 0 Å². The van der Waals surface area contributed by atoms with E-state index < -0.39 is 0 Å². The fourth-order valence-electron chi connectivity index (χ4n) is 2.48. The molecule has 0 saturated heterocycles. The number of likely N-dealkylation sites (N-methyl/N-ethyl adjacent to an activating group) is 1. The zero-order chi connectivity index (χ0) is 11.4. The van der Waals surface area contributed by atoms with E-state index in [1.54, 1.807) is 7.11 Å². The highest BCUT2D eigenvalue weighted by Gasteiger charge is 2.14. The Bertz CT molecular complexity index is 349. The first-order valence-corrected chi connectivity index (χ1v) is 6.14. The normalized spacial score (nSPS) is 16.9. The minimum atomic E-state index is 0.178. The fraction of sp³-hybridized carbons (Fsp3) is 0.571. The van der Waals surface area contributed by atoms with E-state index in [9.17, 15) is 0 Å². The highest BCUT2D eigenvalue weighted by Crippen LogP contribution is 2.25. The van der Waals surface area contributed by atoms with Gasteiger partial charge in [0.1, 0.15) is 0 Å². The maximum Gasteiger partial charge on any atom is 0.0945 e. The molecule has 2 rings (SSSR count). The SMILES string of the molecule is CNCC(OC)c1ccc2c(c1)CCCC2. The second-order valence-corrected chi connectivity index (χ2v) is 4.52. The van der Waals surface area contributed by atoms with Gasteiger partial charge in [-0.3, -0.25) is 0 Å². The molecule has 2 heteroatoms. The van der Waals surface area contributed by atoms with Crippen LogP contribution in [0.5, 0.6) is 0 Å². The molecule has 1 aromatic carbocycles. The molecule has 0 saturated carbocycles. The van der Waals surface area contributed by atoms with Crippen molar-refractivity contribution in [3.8, 4) is 0 Å². The van der Waals surface area contributed by atoms with Crippen LogP contribution in [0.3, 0.4) is 0 Å². The van der Waals surface area contributed by atoms with E-state index in [0.717, 1.165) is 6.54 Å². The smallest absolute Gasteiger partial charge is 0.0945 e. The molecule has 0 bridgehead atoms. The zero-order valence-electron chi connectivity index (χ0n) is 10.3. The molecular formula is C14H21NO. The van der Waals surface area contributed by atoms with Crippen molar-refractivity contribution in [2.24, 2.45) is 0 Å². The molecule has 88 valence electrons. The molecule has 1 N–H and O–H groups in total. The minimum Gasteiger partial charge on any atom is -0.375 e. The Morgan fingerprint density at radius 3 is 2.69 bits per heavy atom. The first kappa shape index (κ1) is 11.6. The van der Waals surface area contributed by atoms with Gasteiger partial charge in [-0.25, -0.2) is 0 Å². The molecule has 0 aliphatic heterocycles. The molecule has 2 nitrogen and oxygen atoms in total. The maximum absolute atomic E-state index is 5.51. The van der Waals surface area contributed by atoms with Crippen molar-refractivity contribution in [1.82, 2.24) is 5.32 Å². The van der Waals surface area contributed by atoms with Gasteiger partial charge in [-0.15, -0.1) is 0 Å². The molecule has 0 amide bonds. The van der Waals surface area contributed by atoms with E-state index in [4.69, 9.17) is 4.74 Å². The minimum absolute atomic E-state index is 0.178. The number of fused-ring (bicyclic) bond motifs is 1. The molecule has 0 aromatic heterocycles. The van der Waals surface area contributed by atoms with Gasteiger partial charge in [0.05, 0.1) is 6.10 Å². The van der Waals surface area contributed by atoms with Crippen molar-refractivity contribution >= 4 is 0 Å². The lowest BCUT2D eigenvalue weighted by molar-refractivity contribution is 0.104. The van der Waals surface area contributed by atoms with Crippen LogP contribution in [0.4, 0.5) is 0 Å². The Hall–Kier alpha value is -0.860. The Morgan fingerprint density at radius 1 is 1.25 bits per heavy atom.